The van der Waals surface area contributed by atoms with E-state index < -0.39 is 0 Å². The Morgan fingerprint density at radius 1 is 1.28 bits per heavy atom. The molecule has 0 unspecified atom stereocenters. The summed E-state index contributed by atoms with van der Waals surface area (Å²) in [5.41, 5.74) is 9.01. The quantitative estimate of drug-likeness (QED) is 0.944. The van der Waals surface area contributed by atoms with E-state index in [0.717, 1.165) is 21.7 Å². The molecule has 0 aliphatic heterocycles. The fraction of sp³-hybridized carbons (Fsp3) is 0.357. The van der Waals surface area contributed by atoms with Crippen molar-refractivity contribution in [3.05, 3.63) is 40.1 Å². The van der Waals surface area contributed by atoms with Gasteiger partial charge in [-0.15, -0.1) is 0 Å². The molecule has 1 heterocycles. The third kappa shape index (κ3) is 2.35. The molecule has 0 amide bonds. The number of rotatable bonds is 3. The van der Waals surface area contributed by atoms with Gasteiger partial charge in [-0.2, -0.15) is 0 Å². The molecular weight excluding hydrogens is 290 g/mol. The topological polar surface area (TPSA) is 43.8 Å². The van der Waals surface area contributed by atoms with Crippen LogP contribution in [-0.4, -0.2) is 9.55 Å². The predicted octanol–water partition coefficient (Wildman–Crippen LogP) is 3.43. The van der Waals surface area contributed by atoms with Crippen LogP contribution in [0.4, 0.5) is 0 Å². The zero-order valence-corrected chi connectivity index (χ0v) is 12.5. The van der Waals surface area contributed by atoms with Gasteiger partial charge in [-0.1, -0.05) is 38.1 Å². The van der Waals surface area contributed by atoms with E-state index in [2.05, 4.69) is 59.0 Å². The molecule has 4 heteroatoms. The maximum atomic E-state index is 5.67. The minimum Gasteiger partial charge on any atom is -0.325 e. The van der Waals surface area contributed by atoms with Gasteiger partial charge in [-0.05, 0) is 27.4 Å². The smallest absolute Gasteiger partial charge is 0.140 e. The second kappa shape index (κ2) is 5.24. The first-order chi connectivity index (χ1) is 8.54. The molecule has 2 rings (SSSR count). The number of hydrogen-bond donors (Lipinski definition) is 1. The summed E-state index contributed by atoms with van der Waals surface area (Å²) in [6.07, 6.45) is 0. The number of benzene rings is 1. The highest BCUT2D eigenvalue weighted by Crippen LogP contribution is 2.26. The lowest BCUT2D eigenvalue weighted by atomic mass is 10.0. The molecule has 0 aliphatic carbocycles. The zero-order valence-electron chi connectivity index (χ0n) is 10.9. The van der Waals surface area contributed by atoms with Gasteiger partial charge in [0.15, 0.2) is 0 Å². The summed E-state index contributed by atoms with van der Waals surface area (Å²) in [6, 6.07) is 8.55. The third-order valence-corrected chi connectivity index (χ3v) is 4.11. The van der Waals surface area contributed by atoms with Crippen molar-refractivity contribution in [3.63, 3.8) is 0 Å². The average Bonchev–Trinajstić information content (AvgIpc) is 2.66. The van der Waals surface area contributed by atoms with E-state index in [1.807, 2.05) is 11.6 Å². The van der Waals surface area contributed by atoms with E-state index in [4.69, 9.17) is 5.73 Å². The number of nitrogens with two attached hydrogens (primary N) is 1. The Morgan fingerprint density at radius 2 is 1.89 bits per heavy atom. The highest BCUT2D eigenvalue weighted by molar-refractivity contribution is 9.10. The Morgan fingerprint density at radius 3 is 2.33 bits per heavy atom. The van der Waals surface area contributed by atoms with Crippen molar-refractivity contribution in [2.24, 2.45) is 12.8 Å². The van der Waals surface area contributed by atoms with Gasteiger partial charge in [-0.3, -0.25) is 0 Å². The SMILES string of the molecule is CC(C)c1ccc(-c2nc(CN)c(Br)n2C)cc1. The second-order valence-electron chi connectivity index (χ2n) is 4.71. The molecule has 1 aromatic heterocycles. The summed E-state index contributed by atoms with van der Waals surface area (Å²) in [5.74, 6) is 1.49. The fourth-order valence-corrected chi connectivity index (χ4v) is 2.36. The molecule has 0 aliphatic rings. The number of aromatic nitrogens is 2. The van der Waals surface area contributed by atoms with Crippen LogP contribution in [0, 0.1) is 0 Å². The van der Waals surface area contributed by atoms with Crippen LogP contribution in [-0.2, 0) is 13.6 Å². The molecule has 0 atom stereocenters. The molecule has 0 spiro atoms. The van der Waals surface area contributed by atoms with Crippen molar-refractivity contribution in [1.82, 2.24) is 9.55 Å². The van der Waals surface area contributed by atoms with Gasteiger partial charge in [0.2, 0.25) is 0 Å². The fourth-order valence-electron chi connectivity index (χ4n) is 1.94. The molecule has 0 saturated heterocycles. The molecule has 0 radical (unpaired) electrons. The van der Waals surface area contributed by atoms with Crippen molar-refractivity contribution in [1.29, 1.82) is 0 Å². The van der Waals surface area contributed by atoms with Gasteiger partial charge in [0, 0.05) is 19.2 Å². The van der Waals surface area contributed by atoms with Crippen LogP contribution < -0.4 is 5.73 Å². The zero-order chi connectivity index (χ0) is 13.3. The first-order valence-electron chi connectivity index (χ1n) is 6.06. The van der Waals surface area contributed by atoms with E-state index >= 15 is 0 Å². The second-order valence-corrected chi connectivity index (χ2v) is 5.46. The van der Waals surface area contributed by atoms with Crippen LogP contribution in [0.3, 0.4) is 0 Å². The molecule has 0 saturated carbocycles. The molecular formula is C14H18BrN3. The maximum Gasteiger partial charge on any atom is 0.140 e. The van der Waals surface area contributed by atoms with Crippen LogP contribution in [0.5, 0.6) is 0 Å². The van der Waals surface area contributed by atoms with E-state index in [9.17, 15) is 0 Å². The molecule has 1 aromatic carbocycles. The van der Waals surface area contributed by atoms with Gasteiger partial charge in [0.05, 0.1) is 5.69 Å². The number of halogens is 1. The van der Waals surface area contributed by atoms with Crippen molar-refractivity contribution >= 4 is 15.9 Å². The van der Waals surface area contributed by atoms with Gasteiger partial charge in [-0.25, -0.2) is 4.98 Å². The Balaban J connectivity index is 2.42. The molecule has 0 fully saturated rings. The highest BCUT2D eigenvalue weighted by atomic mass is 79.9. The molecule has 3 nitrogen and oxygen atoms in total. The monoisotopic (exact) mass is 307 g/mol. The predicted molar refractivity (Wildman–Crippen MR) is 78.3 cm³/mol. The average molecular weight is 308 g/mol. The van der Waals surface area contributed by atoms with Gasteiger partial charge in [0.1, 0.15) is 10.4 Å². The third-order valence-electron chi connectivity index (χ3n) is 3.12. The standard InChI is InChI=1S/C14H18BrN3/c1-9(2)10-4-6-11(7-5-10)14-17-12(8-16)13(15)18(14)3/h4-7,9H,8,16H2,1-3H3. The number of imidazole rings is 1. The number of nitrogens with zero attached hydrogens (tertiary/aromatic N) is 2. The van der Waals surface area contributed by atoms with E-state index in [-0.39, 0.29) is 0 Å². The molecule has 2 aromatic rings. The lowest BCUT2D eigenvalue weighted by molar-refractivity contribution is 0.865. The van der Waals surface area contributed by atoms with Gasteiger partial charge >= 0.3 is 0 Å². The summed E-state index contributed by atoms with van der Waals surface area (Å²) >= 11 is 3.52. The summed E-state index contributed by atoms with van der Waals surface area (Å²) < 4.78 is 2.97. The summed E-state index contributed by atoms with van der Waals surface area (Å²) in [6.45, 7) is 4.83. The molecule has 0 bridgehead atoms. The normalized spacial score (nSPS) is 11.2. The van der Waals surface area contributed by atoms with Crippen LogP contribution in [0.15, 0.2) is 28.9 Å². The first-order valence-corrected chi connectivity index (χ1v) is 6.85. The van der Waals surface area contributed by atoms with Gasteiger partial charge in [0.25, 0.3) is 0 Å². The van der Waals surface area contributed by atoms with E-state index in [1.54, 1.807) is 0 Å². The Hall–Kier alpha value is -1.13. The Labute approximate surface area is 116 Å². The van der Waals surface area contributed by atoms with Crippen molar-refractivity contribution in [2.45, 2.75) is 26.3 Å². The molecule has 18 heavy (non-hydrogen) atoms. The first kappa shape index (κ1) is 13.3. The summed E-state index contributed by atoms with van der Waals surface area (Å²) in [7, 11) is 1.99. The van der Waals surface area contributed by atoms with E-state index in [1.165, 1.54) is 5.56 Å². The lowest BCUT2D eigenvalue weighted by Gasteiger charge is -2.07. The highest BCUT2D eigenvalue weighted by Gasteiger charge is 2.12. The van der Waals surface area contributed by atoms with Crippen LogP contribution >= 0.6 is 15.9 Å². The molecule has 2 N–H and O–H groups in total. The maximum absolute atomic E-state index is 5.67. The summed E-state index contributed by atoms with van der Waals surface area (Å²) in [5, 5.41) is 0. The largest absolute Gasteiger partial charge is 0.325 e. The van der Waals surface area contributed by atoms with Crippen LogP contribution in [0.1, 0.15) is 31.0 Å². The lowest BCUT2D eigenvalue weighted by Crippen LogP contribution is -1.97. The van der Waals surface area contributed by atoms with E-state index in [0.29, 0.717) is 12.5 Å². The summed E-state index contributed by atoms with van der Waals surface area (Å²) in [4.78, 5) is 4.56. The molecule has 96 valence electrons. The Kier molecular flexibility index (Phi) is 3.88. The van der Waals surface area contributed by atoms with Crippen molar-refractivity contribution in [2.75, 3.05) is 0 Å². The van der Waals surface area contributed by atoms with Crippen LogP contribution in [0.2, 0.25) is 0 Å². The van der Waals surface area contributed by atoms with Crippen molar-refractivity contribution < 1.29 is 0 Å². The minimum atomic E-state index is 0.443. The Bertz CT molecular complexity index is 541. The minimum absolute atomic E-state index is 0.443. The number of hydrogen-bond acceptors (Lipinski definition) is 2. The van der Waals surface area contributed by atoms with Crippen LogP contribution in [0.25, 0.3) is 11.4 Å². The van der Waals surface area contributed by atoms with Crippen molar-refractivity contribution in [3.8, 4) is 11.4 Å². The van der Waals surface area contributed by atoms with Gasteiger partial charge < -0.3 is 10.3 Å².